The zero-order chi connectivity index (χ0) is 25.2. The van der Waals surface area contributed by atoms with Crippen LogP contribution in [0.1, 0.15) is 63.7 Å². The Morgan fingerprint density at radius 3 is 2.49 bits per heavy atom. The van der Waals surface area contributed by atoms with Crippen molar-refractivity contribution in [3.8, 4) is 0 Å². The molecular weight excluding hydrogens is 446 g/mol. The SMILES string of the molecule is CCOC(=O)O[C@H]1[C@H]2C=C[C@H](C2)[C@]1(NC(=O)c1ccccc1)C(=O)O[C@@H]1C[C@H](C)CC[C@H]1C(C)C. The molecule has 0 aliphatic heterocycles. The zero-order valence-electron chi connectivity index (χ0n) is 21.1. The number of carbonyl (C=O) groups is 3. The lowest BCUT2D eigenvalue weighted by Crippen LogP contribution is -2.66. The van der Waals surface area contributed by atoms with Crippen molar-refractivity contribution in [1.82, 2.24) is 5.32 Å². The molecule has 0 spiro atoms. The molecule has 0 saturated heterocycles. The van der Waals surface area contributed by atoms with Crippen LogP contribution in [-0.2, 0) is 19.0 Å². The van der Waals surface area contributed by atoms with Crippen molar-refractivity contribution in [2.75, 3.05) is 6.61 Å². The highest BCUT2D eigenvalue weighted by Gasteiger charge is 2.65. The molecule has 0 heterocycles. The fourth-order valence-electron chi connectivity index (χ4n) is 6.09. The molecule has 190 valence electrons. The number of ether oxygens (including phenoxy) is 3. The molecule has 1 aromatic rings. The third-order valence-corrected chi connectivity index (χ3v) is 7.94. The van der Waals surface area contributed by atoms with Gasteiger partial charge in [0.2, 0.25) is 0 Å². The Labute approximate surface area is 207 Å². The molecule has 2 saturated carbocycles. The van der Waals surface area contributed by atoms with E-state index < -0.39 is 29.7 Å². The molecule has 3 aliphatic rings. The molecule has 1 aromatic carbocycles. The molecule has 0 aromatic heterocycles. The van der Waals surface area contributed by atoms with Gasteiger partial charge in [0.25, 0.3) is 5.91 Å². The lowest BCUT2D eigenvalue weighted by atomic mass is 9.75. The predicted molar refractivity (Wildman–Crippen MR) is 130 cm³/mol. The van der Waals surface area contributed by atoms with Gasteiger partial charge in [0, 0.05) is 17.4 Å². The predicted octanol–water partition coefficient (Wildman–Crippen LogP) is 4.91. The highest BCUT2D eigenvalue weighted by molar-refractivity contribution is 5.99. The van der Waals surface area contributed by atoms with Crippen LogP contribution in [0, 0.1) is 29.6 Å². The summed E-state index contributed by atoms with van der Waals surface area (Å²) in [6, 6.07) is 8.74. The zero-order valence-corrected chi connectivity index (χ0v) is 21.1. The van der Waals surface area contributed by atoms with Gasteiger partial charge in [-0.05, 0) is 56.1 Å². The van der Waals surface area contributed by atoms with Crippen LogP contribution in [0.25, 0.3) is 0 Å². The van der Waals surface area contributed by atoms with Crippen molar-refractivity contribution < 1.29 is 28.6 Å². The summed E-state index contributed by atoms with van der Waals surface area (Å²) in [4.78, 5) is 39.8. The van der Waals surface area contributed by atoms with Gasteiger partial charge in [-0.15, -0.1) is 0 Å². The molecule has 35 heavy (non-hydrogen) atoms. The number of hydrogen-bond donors (Lipinski definition) is 1. The molecule has 0 radical (unpaired) electrons. The van der Waals surface area contributed by atoms with Crippen molar-refractivity contribution in [1.29, 1.82) is 0 Å². The fourth-order valence-corrected chi connectivity index (χ4v) is 6.09. The van der Waals surface area contributed by atoms with Crippen LogP contribution in [0.3, 0.4) is 0 Å². The highest BCUT2D eigenvalue weighted by atomic mass is 16.7. The second-order valence-electron chi connectivity index (χ2n) is 10.6. The van der Waals surface area contributed by atoms with Crippen molar-refractivity contribution in [3.05, 3.63) is 48.0 Å². The van der Waals surface area contributed by atoms with E-state index in [9.17, 15) is 14.4 Å². The van der Waals surface area contributed by atoms with Crippen LogP contribution >= 0.6 is 0 Å². The number of carbonyl (C=O) groups excluding carboxylic acids is 3. The summed E-state index contributed by atoms with van der Waals surface area (Å²) in [5.41, 5.74) is -1.09. The van der Waals surface area contributed by atoms with E-state index in [0.717, 1.165) is 19.3 Å². The first-order valence-corrected chi connectivity index (χ1v) is 12.9. The largest absolute Gasteiger partial charge is 0.508 e. The molecule has 1 amide bonds. The summed E-state index contributed by atoms with van der Waals surface area (Å²) in [6.07, 6.45) is 5.35. The number of hydrogen-bond acceptors (Lipinski definition) is 6. The summed E-state index contributed by atoms with van der Waals surface area (Å²) in [7, 11) is 0. The molecule has 0 unspecified atom stereocenters. The summed E-state index contributed by atoms with van der Waals surface area (Å²) in [5, 5.41) is 2.98. The van der Waals surface area contributed by atoms with E-state index in [0.29, 0.717) is 23.8 Å². The molecule has 2 bridgehead atoms. The van der Waals surface area contributed by atoms with Gasteiger partial charge in [0.05, 0.1) is 6.61 Å². The molecule has 7 atom stereocenters. The molecule has 2 fully saturated rings. The van der Waals surface area contributed by atoms with Crippen LogP contribution in [0.2, 0.25) is 0 Å². The van der Waals surface area contributed by atoms with Crippen LogP contribution in [-0.4, -0.2) is 42.4 Å². The van der Waals surface area contributed by atoms with Gasteiger partial charge < -0.3 is 19.5 Å². The van der Waals surface area contributed by atoms with Crippen LogP contribution in [0.4, 0.5) is 4.79 Å². The third kappa shape index (κ3) is 4.95. The summed E-state index contributed by atoms with van der Waals surface area (Å²) < 4.78 is 17.0. The van der Waals surface area contributed by atoms with E-state index in [1.807, 2.05) is 18.2 Å². The average Bonchev–Trinajstić information content (AvgIpc) is 3.41. The summed E-state index contributed by atoms with van der Waals surface area (Å²) >= 11 is 0. The maximum Gasteiger partial charge on any atom is 0.508 e. The Balaban J connectivity index is 1.68. The number of rotatable bonds is 7. The van der Waals surface area contributed by atoms with Crippen LogP contribution in [0.15, 0.2) is 42.5 Å². The molecule has 3 aliphatic carbocycles. The highest BCUT2D eigenvalue weighted by Crippen LogP contribution is 2.50. The number of fused-ring (bicyclic) bond motifs is 2. The van der Waals surface area contributed by atoms with E-state index in [2.05, 4.69) is 26.1 Å². The van der Waals surface area contributed by atoms with Gasteiger partial charge in [-0.3, -0.25) is 4.79 Å². The molecule has 7 heteroatoms. The van der Waals surface area contributed by atoms with Crippen LogP contribution in [0.5, 0.6) is 0 Å². The van der Waals surface area contributed by atoms with Crippen molar-refractivity contribution >= 4 is 18.0 Å². The van der Waals surface area contributed by atoms with Crippen molar-refractivity contribution in [2.45, 2.75) is 71.1 Å². The Kier molecular flexibility index (Phi) is 7.53. The van der Waals surface area contributed by atoms with Gasteiger partial charge in [0.1, 0.15) is 12.2 Å². The lowest BCUT2D eigenvalue weighted by molar-refractivity contribution is -0.170. The quantitative estimate of drug-likeness (QED) is 0.438. The monoisotopic (exact) mass is 483 g/mol. The second kappa shape index (κ2) is 10.4. The van der Waals surface area contributed by atoms with Gasteiger partial charge in [-0.1, -0.05) is 57.5 Å². The Bertz CT molecular complexity index is 959. The molecular formula is C28H37NO6. The minimum atomic E-state index is -1.51. The van der Waals surface area contributed by atoms with Crippen LogP contribution < -0.4 is 5.32 Å². The molecule has 1 N–H and O–H groups in total. The average molecular weight is 484 g/mol. The van der Waals surface area contributed by atoms with E-state index in [1.165, 1.54) is 0 Å². The van der Waals surface area contributed by atoms with Crippen molar-refractivity contribution in [3.63, 3.8) is 0 Å². The Hall–Kier alpha value is -2.83. The van der Waals surface area contributed by atoms with Gasteiger partial charge in [-0.2, -0.15) is 0 Å². The maximum absolute atomic E-state index is 14.1. The first kappa shape index (κ1) is 25.3. The van der Waals surface area contributed by atoms with Gasteiger partial charge >= 0.3 is 12.1 Å². The smallest absolute Gasteiger partial charge is 0.460 e. The Morgan fingerprint density at radius 2 is 1.80 bits per heavy atom. The number of esters is 1. The summed E-state index contributed by atoms with van der Waals surface area (Å²) in [6.45, 7) is 8.33. The minimum Gasteiger partial charge on any atom is -0.460 e. The standard InChI is InChI=1S/C28H37NO6/c1-5-33-27(32)35-24-20-12-13-21(16-20)28(24,29-25(30)19-9-7-6-8-10-19)26(31)34-23-15-18(4)11-14-22(23)17(2)3/h6-10,12-13,17-18,20-24H,5,11,14-16H2,1-4H3,(H,29,30)/t18-,20+,21-,22+,23-,24+,28-/m1/s1. The van der Waals surface area contributed by atoms with Crippen molar-refractivity contribution in [2.24, 2.45) is 29.6 Å². The molecule has 7 nitrogen and oxygen atoms in total. The molecule has 4 rings (SSSR count). The lowest BCUT2D eigenvalue weighted by Gasteiger charge is -2.42. The van der Waals surface area contributed by atoms with E-state index >= 15 is 0 Å². The third-order valence-electron chi connectivity index (χ3n) is 7.94. The maximum atomic E-state index is 14.1. The Morgan fingerprint density at radius 1 is 1.06 bits per heavy atom. The second-order valence-corrected chi connectivity index (χ2v) is 10.6. The number of nitrogens with one attached hydrogen (secondary N) is 1. The minimum absolute atomic E-state index is 0.152. The summed E-state index contributed by atoms with van der Waals surface area (Å²) in [5.74, 6) is -0.428. The number of benzene rings is 1. The van der Waals surface area contributed by atoms with Gasteiger partial charge in [0.15, 0.2) is 5.54 Å². The topological polar surface area (TPSA) is 90.9 Å². The van der Waals surface area contributed by atoms with Gasteiger partial charge in [-0.25, -0.2) is 9.59 Å². The first-order valence-electron chi connectivity index (χ1n) is 12.9. The fraction of sp³-hybridized carbons (Fsp3) is 0.607. The first-order chi connectivity index (χ1) is 16.8. The van der Waals surface area contributed by atoms with E-state index in [1.54, 1.807) is 31.2 Å². The van der Waals surface area contributed by atoms with E-state index in [4.69, 9.17) is 14.2 Å². The van der Waals surface area contributed by atoms with E-state index in [-0.39, 0.29) is 30.5 Å². The normalized spacial score (nSPS) is 33.4. The number of amides is 1.